The highest BCUT2D eigenvalue weighted by molar-refractivity contribution is 6.07. The Kier molecular flexibility index (Phi) is 4.19. The van der Waals surface area contributed by atoms with Gasteiger partial charge in [0, 0.05) is 18.1 Å². The molecule has 0 radical (unpaired) electrons. The molecule has 0 spiro atoms. The van der Waals surface area contributed by atoms with Gasteiger partial charge in [-0.15, -0.1) is 0 Å². The lowest BCUT2D eigenvalue weighted by molar-refractivity contribution is -0.122. The number of rotatable bonds is 5. The Morgan fingerprint density at radius 3 is 2.52 bits per heavy atom. The van der Waals surface area contributed by atoms with Gasteiger partial charge in [0.15, 0.2) is 0 Å². The predicted octanol–water partition coefficient (Wildman–Crippen LogP) is 2.83. The summed E-state index contributed by atoms with van der Waals surface area (Å²) in [5.74, 6) is -0.105. The Balaban J connectivity index is 1.57. The number of para-hydroxylation sites is 1. The van der Waals surface area contributed by atoms with Crippen LogP contribution in [0.15, 0.2) is 67.0 Å². The first kappa shape index (κ1) is 15.0. The van der Waals surface area contributed by atoms with Gasteiger partial charge in [-0.3, -0.25) is 15.2 Å². The molecule has 2 aromatic rings. The number of nitrogens with one attached hydrogen (secondary N) is 3. The zero-order valence-corrected chi connectivity index (χ0v) is 12.6. The summed E-state index contributed by atoms with van der Waals surface area (Å²) < 4.78 is 0. The van der Waals surface area contributed by atoms with Gasteiger partial charge in [-0.05, 0) is 43.2 Å². The lowest BCUT2D eigenvalue weighted by Crippen LogP contribution is -2.38. The summed E-state index contributed by atoms with van der Waals surface area (Å²) in [6.45, 7) is 0. The average Bonchev–Trinajstić information content (AvgIpc) is 3.38. The number of hydrogen-bond donors (Lipinski definition) is 3. The molecule has 3 rings (SSSR count). The molecule has 0 aliphatic heterocycles. The smallest absolute Gasteiger partial charge is 0.237 e. The molecule has 1 heterocycles. The van der Waals surface area contributed by atoms with E-state index in [-0.39, 0.29) is 11.7 Å². The van der Waals surface area contributed by atoms with E-state index in [4.69, 9.17) is 5.41 Å². The number of benzene rings is 1. The molecule has 5 heteroatoms. The van der Waals surface area contributed by atoms with E-state index < -0.39 is 5.41 Å². The van der Waals surface area contributed by atoms with Crippen molar-refractivity contribution in [3.63, 3.8) is 0 Å². The zero-order valence-electron chi connectivity index (χ0n) is 12.6. The van der Waals surface area contributed by atoms with Crippen molar-refractivity contribution in [3.8, 4) is 0 Å². The van der Waals surface area contributed by atoms with Crippen LogP contribution in [0.5, 0.6) is 0 Å². The van der Waals surface area contributed by atoms with Gasteiger partial charge in [-0.1, -0.05) is 24.3 Å². The Morgan fingerprint density at radius 1 is 1.13 bits per heavy atom. The number of carbonyl (C=O) groups is 1. The van der Waals surface area contributed by atoms with E-state index >= 15 is 0 Å². The third-order valence-electron chi connectivity index (χ3n) is 3.86. The maximum Gasteiger partial charge on any atom is 0.237 e. The minimum atomic E-state index is -0.561. The fraction of sp³-hybridized carbons (Fsp3) is 0.167. The molecule has 1 aromatic carbocycles. The molecular weight excluding hydrogens is 288 g/mol. The topological polar surface area (TPSA) is 77.9 Å². The zero-order chi connectivity index (χ0) is 16.1. The molecule has 3 N–H and O–H groups in total. The van der Waals surface area contributed by atoms with Crippen molar-refractivity contribution in [2.75, 3.05) is 5.32 Å². The minimum absolute atomic E-state index is 0.0561. The molecule has 1 fully saturated rings. The van der Waals surface area contributed by atoms with E-state index in [2.05, 4.69) is 15.6 Å². The summed E-state index contributed by atoms with van der Waals surface area (Å²) >= 11 is 0. The summed E-state index contributed by atoms with van der Waals surface area (Å²) in [5, 5.41) is 13.6. The number of nitrogens with zero attached hydrogens (tertiary/aromatic N) is 1. The van der Waals surface area contributed by atoms with Crippen LogP contribution in [0.3, 0.4) is 0 Å². The van der Waals surface area contributed by atoms with Crippen LogP contribution in [0.2, 0.25) is 0 Å². The van der Waals surface area contributed by atoms with Crippen LogP contribution < -0.4 is 10.6 Å². The Morgan fingerprint density at radius 2 is 1.87 bits per heavy atom. The first-order valence-electron chi connectivity index (χ1n) is 7.50. The molecule has 1 amide bonds. The Hall–Kier alpha value is -2.95. The summed E-state index contributed by atoms with van der Waals surface area (Å²) in [6.07, 6.45) is 6.40. The SMILES string of the molecule is N=C(/C=C\Nc1ccccc1)NC(=O)C1(c2ccccn2)CC1. The van der Waals surface area contributed by atoms with Gasteiger partial charge in [-0.2, -0.15) is 0 Å². The monoisotopic (exact) mass is 306 g/mol. The molecule has 0 bridgehead atoms. The van der Waals surface area contributed by atoms with Crippen LogP contribution >= 0.6 is 0 Å². The van der Waals surface area contributed by atoms with Crippen LogP contribution in [-0.4, -0.2) is 16.7 Å². The third kappa shape index (κ3) is 3.45. The lowest BCUT2D eigenvalue weighted by atomic mass is 10.0. The highest BCUT2D eigenvalue weighted by Gasteiger charge is 2.52. The van der Waals surface area contributed by atoms with Crippen molar-refractivity contribution in [1.29, 1.82) is 5.41 Å². The summed E-state index contributed by atoms with van der Waals surface area (Å²) in [4.78, 5) is 16.7. The Bertz CT molecular complexity index is 721. The van der Waals surface area contributed by atoms with Crippen molar-refractivity contribution in [1.82, 2.24) is 10.3 Å². The average molecular weight is 306 g/mol. The molecular formula is C18H18N4O. The van der Waals surface area contributed by atoms with Gasteiger partial charge in [0.1, 0.15) is 5.84 Å². The van der Waals surface area contributed by atoms with Crippen molar-refractivity contribution in [2.24, 2.45) is 0 Å². The fourth-order valence-corrected chi connectivity index (χ4v) is 2.41. The number of aromatic nitrogens is 1. The molecule has 1 aliphatic rings. The molecule has 0 saturated heterocycles. The number of hydrogen-bond acceptors (Lipinski definition) is 4. The van der Waals surface area contributed by atoms with Crippen molar-refractivity contribution in [2.45, 2.75) is 18.3 Å². The van der Waals surface area contributed by atoms with Crippen LogP contribution in [0, 0.1) is 5.41 Å². The minimum Gasteiger partial charge on any atom is -0.362 e. The highest BCUT2D eigenvalue weighted by Crippen LogP contribution is 2.47. The van der Waals surface area contributed by atoms with E-state index in [1.165, 1.54) is 6.08 Å². The van der Waals surface area contributed by atoms with Crippen molar-refractivity contribution >= 4 is 17.4 Å². The third-order valence-corrected chi connectivity index (χ3v) is 3.86. The number of carbonyl (C=O) groups excluding carboxylic acids is 1. The molecule has 0 atom stereocenters. The molecule has 1 aliphatic carbocycles. The molecule has 116 valence electrons. The number of pyridine rings is 1. The van der Waals surface area contributed by atoms with E-state index in [0.29, 0.717) is 0 Å². The van der Waals surface area contributed by atoms with Gasteiger partial charge in [0.2, 0.25) is 5.91 Å². The molecule has 1 saturated carbocycles. The maximum atomic E-state index is 12.4. The van der Waals surface area contributed by atoms with Gasteiger partial charge in [0.05, 0.1) is 11.1 Å². The summed E-state index contributed by atoms with van der Waals surface area (Å²) in [6, 6.07) is 15.2. The standard InChI is InChI=1S/C18H18N4O/c19-16(9-13-20-14-6-2-1-3-7-14)22-17(23)18(10-11-18)15-8-4-5-12-21-15/h1-9,12-13,20H,10-11H2,(H2,19,22,23)/b13-9-. The molecule has 1 aromatic heterocycles. The number of amides is 1. The quantitative estimate of drug-likeness (QED) is 0.587. The first-order valence-corrected chi connectivity index (χ1v) is 7.50. The second-order valence-corrected chi connectivity index (χ2v) is 5.51. The van der Waals surface area contributed by atoms with Gasteiger partial charge >= 0.3 is 0 Å². The molecule has 23 heavy (non-hydrogen) atoms. The van der Waals surface area contributed by atoms with Gasteiger partial charge < -0.3 is 10.6 Å². The maximum absolute atomic E-state index is 12.4. The van der Waals surface area contributed by atoms with E-state index in [1.54, 1.807) is 12.4 Å². The summed E-state index contributed by atoms with van der Waals surface area (Å²) in [5.41, 5.74) is 1.14. The molecule has 5 nitrogen and oxygen atoms in total. The second kappa shape index (κ2) is 6.44. The Labute approximate surface area is 135 Å². The second-order valence-electron chi connectivity index (χ2n) is 5.51. The normalized spacial score (nSPS) is 15.1. The summed E-state index contributed by atoms with van der Waals surface area (Å²) in [7, 11) is 0. The van der Waals surface area contributed by atoms with Crippen LogP contribution in [0.25, 0.3) is 0 Å². The van der Waals surface area contributed by atoms with Crippen molar-refractivity contribution in [3.05, 3.63) is 72.7 Å². The van der Waals surface area contributed by atoms with Crippen LogP contribution in [-0.2, 0) is 10.2 Å². The van der Waals surface area contributed by atoms with Gasteiger partial charge in [-0.25, -0.2) is 0 Å². The fourth-order valence-electron chi connectivity index (χ4n) is 2.41. The van der Waals surface area contributed by atoms with Gasteiger partial charge in [0.25, 0.3) is 0 Å². The van der Waals surface area contributed by atoms with E-state index in [0.717, 1.165) is 24.2 Å². The predicted molar refractivity (Wildman–Crippen MR) is 90.2 cm³/mol. The van der Waals surface area contributed by atoms with E-state index in [1.807, 2.05) is 48.5 Å². The number of amidine groups is 1. The largest absolute Gasteiger partial charge is 0.362 e. The lowest BCUT2D eigenvalue weighted by Gasteiger charge is -2.14. The highest BCUT2D eigenvalue weighted by atomic mass is 16.2. The van der Waals surface area contributed by atoms with E-state index in [9.17, 15) is 4.79 Å². The number of anilines is 1. The van der Waals surface area contributed by atoms with Crippen LogP contribution in [0.4, 0.5) is 5.69 Å². The first-order chi connectivity index (χ1) is 11.2. The van der Waals surface area contributed by atoms with Crippen molar-refractivity contribution < 1.29 is 4.79 Å². The van der Waals surface area contributed by atoms with Crippen LogP contribution in [0.1, 0.15) is 18.5 Å². The molecule has 0 unspecified atom stereocenters.